The normalized spacial score (nSPS) is 18.8. The minimum absolute atomic E-state index is 0.157. The van der Waals surface area contributed by atoms with E-state index in [1.165, 1.54) is 0 Å². The number of nitrogens with one attached hydrogen (secondary N) is 1. The largest absolute Gasteiger partial charge is 0.504 e. The van der Waals surface area contributed by atoms with E-state index in [1.54, 1.807) is 19.2 Å². The number of hydrogen-bond donors (Lipinski definition) is 2. The van der Waals surface area contributed by atoms with Gasteiger partial charge in [0.05, 0.1) is 13.7 Å². The van der Waals surface area contributed by atoms with Gasteiger partial charge in [-0.25, -0.2) is 4.99 Å². The quantitative estimate of drug-likeness (QED) is 0.631. The molecule has 1 heterocycles. The summed E-state index contributed by atoms with van der Waals surface area (Å²) in [5, 5.41) is 13.9. The van der Waals surface area contributed by atoms with Crippen LogP contribution in [0.4, 0.5) is 0 Å². The average molecular weight is 352 g/mol. The van der Waals surface area contributed by atoms with Crippen LogP contribution in [0.25, 0.3) is 0 Å². The van der Waals surface area contributed by atoms with Crippen LogP contribution in [0, 0.1) is 5.92 Å². The van der Waals surface area contributed by atoms with Crippen LogP contribution in [0.1, 0.15) is 26.3 Å². The van der Waals surface area contributed by atoms with E-state index >= 15 is 0 Å². The number of guanidine groups is 1. The number of ether oxygens (including phenoxy) is 1. The summed E-state index contributed by atoms with van der Waals surface area (Å²) in [7, 11) is 1.55. The number of benzene rings is 1. The first kappa shape index (κ1) is 18.8. The van der Waals surface area contributed by atoms with Crippen molar-refractivity contribution in [1.29, 1.82) is 0 Å². The summed E-state index contributed by atoms with van der Waals surface area (Å²) in [6.45, 7) is 10.1. The Hall–Kier alpha value is -1.56. The molecule has 1 aliphatic heterocycles. The Kier molecular flexibility index (Phi) is 7.09. The van der Waals surface area contributed by atoms with Gasteiger partial charge in [0.25, 0.3) is 0 Å². The molecule has 2 N–H and O–H groups in total. The predicted octanol–water partition coefficient (Wildman–Crippen LogP) is 2.94. The van der Waals surface area contributed by atoms with Gasteiger partial charge in [0, 0.05) is 30.6 Å². The van der Waals surface area contributed by atoms with Gasteiger partial charge in [0.15, 0.2) is 17.5 Å². The maximum atomic E-state index is 9.90. The summed E-state index contributed by atoms with van der Waals surface area (Å²) in [6, 6.07) is 5.43. The van der Waals surface area contributed by atoms with E-state index in [0.29, 0.717) is 23.5 Å². The zero-order valence-corrected chi connectivity index (χ0v) is 15.9. The lowest BCUT2D eigenvalue weighted by molar-refractivity contribution is 0.373. The standard InChI is InChI=1S/C18H29N3O2S/c1-5-19-18(21-8-9-24-17(12-21)13(2)3)20-11-14-6-7-16(23-4)15(22)10-14/h6-7,10,13,17,22H,5,8-9,11-12H2,1-4H3,(H,19,20). The van der Waals surface area contributed by atoms with Crippen molar-refractivity contribution in [3.8, 4) is 11.5 Å². The van der Waals surface area contributed by atoms with Crippen LogP contribution >= 0.6 is 11.8 Å². The van der Waals surface area contributed by atoms with Gasteiger partial charge in [0.1, 0.15) is 0 Å². The van der Waals surface area contributed by atoms with Gasteiger partial charge in [-0.2, -0.15) is 11.8 Å². The van der Waals surface area contributed by atoms with Crippen LogP contribution in [0.5, 0.6) is 11.5 Å². The number of hydrogen-bond acceptors (Lipinski definition) is 4. The van der Waals surface area contributed by atoms with E-state index in [-0.39, 0.29) is 5.75 Å². The molecule has 1 atom stereocenters. The molecule has 0 spiro atoms. The number of aromatic hydroxyl groups is 1. The zero-order valence-electron chi connectivity index (χ0n) is 15.1. The van der Waals surface area contributed by atoms with Crippen LogP contribution < -0.4 is 10.1 Å². The molecule has 0 amide bonds. The highest BCUT2D eigenvalue weighted by molar-refractivity contribution is 8.00. The van der Waals surface area contributed by atoms with Gasteiger partial charge in [-0.15, -0.1) is 0 Å². The first-order chi connectivity index (χ1) is 11.5. The van der Waals surface area contributed by atoms with Crippen molar-refractivity contribution in [1.82, 2.24) is 10.2 Å². The number of methoxy groups -OCH3 is 1. The van der Waals surface area contributed by atoms with Crippen molar-refractivity contribution < 1.29 is 9.84 Å². The molecule has 2 rings (SSSR count). The van der Waals surface area contributed by atoms with Crippen LogP contribution in [0.3, 0.4) is 0 Å². The van der Waals surface area contributed by atoms with E-state index < -0.39 is 0 Å². The van der Waals surface area contributed by atoms with Gasteiger partial charge in [-0.05, 0) is 30.5 Å². The van der Waals surface area contributed by atoms with Crippen LogP contribution in [-0.2, 0) is 6.54 Å². The predicted molar refractivity (Wildman–Crippen MR) is 102 cm³/mol. The highest BCUT2D eigenvalue weighted by Crippen LogP contribution is 2.27. The molecule has 1 aromatic carbocycles. The molecule has 134 valence electrons. The highest BCUT2D eigenvalue weighted by Gasteiger charge is 2.24. The topological polar surface area (TPSA) is 57.1 Å². The molecule has 0 aromatic heterocycles. The van der Waals surface area contributed by atoms with Gasteiger partial charge in [-0.3, -0.25) is 0 Å². The van der Waals surface area contributed by atoms with Crippen LogP contribution in [0.2, 0.25) is 0 Å². The molecule has 5 nitrogen and oxygen atoms in total. The third kappa shape index (κ3) is 4.97. The second-order valence-corrected chi connectivity index (χ2v) is 7.62. The molecule has 0 saturated carbocycles. The Morgan fingerprint density at radius 1 is 1.50 bits per heavy atom. The Morgan fingerprint density at radius 2 is 2.29 bits per heavy atom. The van der Waals surface area contributed by atoms with Gasteiger partial charge < -0.3 is 20.1 Å². The number of aliphatic imine (C=N–C) groups is 1. The van der Waals surface area contributed by atoms with E-state index in [0.717, 1.165) is 36.9 Å². The minimum Gasteiger partial charge on any atom is -0.504 e. The molecule has 1 saturated heterocycles. The summed E-state index contributed by atoms with van der Waals surface area (Å²) in [5.74, 6) is 3.40. The molecule has 0 bridgehead atoms. The van der Waals surface area contributed by atoms with Crippen molar-refractivity contribution in [2.75, 3.05) is 32.5 Å². The van der Waals surface area contributed by atoms with Crippen molar-refractivity contribution in [3.05, 3.63) is 23.8 Å². The van der Waals surface area contributed by atoms with Crippen LogP contribution in [-0.4, -0.2) is 53.7 Å². The second kappa shape index (κ2) is 9.06. The fourth-order valence-electron chi connectivity index (χ4n) is 2.70. The molecule has 1 aliphatic rings. The summed E-state index contributed by atoms with van der Waals surface area (Å²) in [5.41, 5.74) is 0.968. The van der Waals surface area contributed by atoms with Crippen molar-refractivity contribution in [3.63, 3.8) is 0 Å². The highest BCUT2D eigenvalue weighted by atomic mass is 32.2. The van der Waals surface area contributed by atoms with E-state index in [9.17, 15) is 5.11 Å². The van der Waals surface area contributed by atoms with Gasteiger partial charge in [-0.1, -0.05) is 19.9 Å². The third-order valence-electron chi connectivity index (χ3n) is 4.13. The van der Waals surface area contributed by atoms with Gasteiger partial charge in [0.2, 0.25) is 0 Å². The van der Waals surface area contributed by atoms with E-state index in [2.05, 4.69) is 42.7 Å². The van der Waals surface area contributed by atoms with E-state index in [1.807, 2.05) is 6.07 Å². The lowest BCUT2D eigenvalue weighted by Gasteiger charge is -2.36. The third-order valence-corrected chi connectivity index (χ3v) is 5.67. The van der Waals surface area contributed by atoms with Gasteiger partial charge >= 0.3 is 0 Å². The molecular weight excluding hydrogens is 322 g/mol. The summed E-state index contributed by atoms with van der Waals surface area (Å²) in [6.07, 6.45) is 0. The second-order valence-electron chi connectivity index (χ2n) is 6.28. The Balaban J connectivity index is 2.08. The van der Waals surface area contributed by atoms with Crippen molar-refractivity contribution >= 4 is 17.7 Å². The average Bonchev–Trinajstić information content (AvgIpc) is 2.58. The maximum Gasteiger partial charge on any atom is 0.194 e. The Bertz CT molecular complexity index is 563. The van der Waals surface area contributed by atoms with E-state index in [4.69, 9.17) is 9.73 Å². The van der Waals surface area contributed by atoms with Crippen molar-refractivity contribution in [2.24, 2.45) is 10.9 Å². The fraction of sp³-hybridized carbons (Fsp3) is 0.611. The molecule has 1 fully saturated rings. The number of phenols is 1. The molecule has 6 heteroatoms. The molecule has 1 unspecified atom stereocenters. The van der Waals surface area contributed by atoms with Crippen LogP contribution in [0.15, 0.2) is 23.2 Å². The Morgan fingerprint density at radius 3 is 2.92 bits per heavy atom. The summed E-state index contributed by atoms with van der Waals surface area (Å²) < 4.78 is 5.08. The Labute approximate surface area is 149 Å². The maximum absolute atomic E-state index is 9.90. The number of rotatable bonds is 5. The molecule has 0 aliphatic carbocycles. The monoisotopic (exact) mass is 351 g/mol. The first-order valence-corrected chi connectivity index (χ1v) is 9.60. The molecule has 0 radical (unpaired) electrons. The smallest absolute Gasteiger partial charge is 0.194 e. The molecule has 1 aromatic rings. The summed E-state index contributed by atoms with van der Waals surface area (Å²) >= 11 is 2.06. The number of nitrogens with zero attached hydrogens (tertiary/aromatic N) is 2. The number of phenolic OH excluding ortho intramolecular Hbond substituents is 1. The molecular formula is C18H29N3O2S. The number of thioether (sulfide) groups is 1. The summed E-state index contributed by atoms with van der Waals surface area (Å²) in [4.78, 5) is 7.12. The van der Waals surface area contributed by atoms with Crippen molar-refractivity contribution in [2.45, 2.75) is 32.6 Å². The molecule has 24 heavy (non-hydrogen) atoms. The SMILES string of the molecule is CCNC(=NCc1ccc(OC)c(O)c1)N1CCSC(C(C)C)C1. The lowest BCUT2D eigenvalue weighted by Crippen LogP contribution is -2.49. The lowest BCUT2D eigenvalue weighted by atomic mass is 10.1. The first-order valence-electron chi connectivity index (χ1n) is 8.55. The zero-order chi connectivity index (χ0) is 17.5. The fourth-order valence-corrected chi connectivity index (χ4v) is 4.00. The minimum atomic E-state index is 0.157.